The topological polar surface area (TPSA) is 35.5 Å². The van der Waals surface area contributed by atoms with Crippen LogP contribution in [0.25, 0.3) is 6.08 Å². The normalized spacial score (nSPS) is 11.1. The van der Waals surface area contributed by atoms with Crippen molar-refractivity contribution in [3.05, 3.63) is 65.7 Å². The highest BCUT2D eigenvalue weighted by molar-refractivity contribution is 7.99. The van der Waals surface area contributed by atoms with Gasteiger partial charge in [0.1, 0.15) is 5.75 Å². The van der Waals surface area contributed by atoms with Crippen LogP contribution in [0, 0.1) is 0 Å². The van der Waals surface area contributed by atoms with Crippen LogP contribution < -0.4 is 4.74 Å². The van der Waals surface area contributed by atoms with Gasteiger partial charge in [-0.3, -0.25) is 0 Å². The number of carbonyl (C=O) groups excluding carboxylic acids is 1. The molecular weight excluding hydrogens is 308 g/mol. The summed E-state index contributed by atoms with van der Waals surface area (Å²) in [6.07, 6.45) is 1.88. The molecule has 0 bridgehead atoms. The van der Waals surface area contributed by atoms with Crippen LogP contribution >= 0.6 is 11.8 Å². The molecule has 0 fully saturated rings. The summed E-state index contributed by atoms with van der Waals surface area (Å²) < 4.78 is 10.3. The standard InChI is InChI=1S/C19H20O3S/c1-3-22-19(20)16(13-15-7-5-4-6-8-15)14-23-18-11-9-17(21-2)10-12-18/h4-13H,3,14H2,1-2H3. The van der Waals surface area contributed by atoms with Crippen molar-refractivity contribution in [3.8, 4) is 5.75 Å². The lowest BCUT2D eigenvalue weighted by Crippen LogP contribution is -2.09. The smallest absolute Gasteiger partial charge is 0.334 e. The monoisotopic (exact) mass is 328 g/mol. The molecule has 0 aromatic heterocycles. The number of carbonyl (C=O) groups is 1. The number of hydrogen-bond donors (Lipinski definition) is 0. The summed E-state index contributed by atoms with van der Waals surface area (Å²) in [6, 6.07) is 17.6. The number of esters is 1. The first kappa shape index (κ1) is 17.2. The molecule has 2 aromatic carbocycles. The molecule has 23 heavy (non-hydrogen) atoms. The Bertz CT molecular complexity index is 648. The minimum absolute atomic E-state index is 0.266. The number of hydrogen-bond acceptors (Lipinski definition) is 4. The van der Waals surface area contributed by atoms with Gasteiger partial charge in [0.05, 0.1) is 13.7 Å². The van der Waals surface area contributed by atoms with Gasteiger partial charge in [0.2, 0.25) is 0 Å². The molecule has 0 aliphatic carbocycles. The largest absolute Gasteiger partial charge is 0.497 e. The van der Waals surface area contributed by atoms with Gasteiger partial charge in [-0.1, -0.05) is 30.3 Å². The molecule has 2 rings (SSSR count). The first-order chi connectivity index (χ1) is 11.2. The molecule has 0 spiro atoms. The second-order valence-corrected chi connectivity index (χ2v) is 5.81. The van der Waals surface area contributed by atoms with Gasteiger partial charge < -0.3 is 9.47 Å². The predicted octanol–water partition coefficient (Wildman–Crippen LogP) is 4.43. The number of rotatable bonds is 7. The summed E-state index contributed by atoms with van der Waals surface area (Å²) in [5, 5.41) is 0. The molecule has 0 aliphatic heterocycles. The highest BCUT2D eigenvalue weighted by atomic mass is 32.2. The van der Waals surface area contributed by atoms with Crippen molar-refractivity contribution >= 4 is 23.8 Å². The van der Waals surface area contributed by atoms with Crippen molar-refractivity contribution in [2.45, 2.75) is 11.8 Å². The van der Waals surface area contributed by atoms with E-state index in [4.69, 9.17) is 9.47 Å². The summed E-state index contributed by atoms with van der Waals surface area (Å²) in [6.45, 7) is 2.19. The number of benzene rings is 2. The lowest BCUT2D eigenvalue weighted by atomic mass is 10.1. The lowest BCUT2D eigenvalue weighted by Gasteiger charge is -2.08. The highest BCUT2D eigenvalue weighted by Gasteiger charge is 2.11. The van der Waals surface area contributed by atoms with Crippen LogP contribution in [0.3, 0.4) is 0 Å². The maximum absolute atomic E-state index is 12.1. The third-order valence-electron chi connectivity index (χ3n) is 3.13. The van der Waals surface area contributed by atoms with Crippen molar-refractivity contribution in [1.29, 1.82) is 0 Å². The van der Waals surface area contributed by atoms with Crippen LogP contribution in [-0.2, 0) is 9.53 Å². The second kappa shape index (κ2) is 9.06. The van der Waals surface area contributed by atoms with E-state index in [1.807, 2.05) is 67.6 Å². The fourth-order valence-electron chi connectivity index (χ4n) is 1.97. The number of thioether (sulfide) groups is 1. The van der Waals surface area contributed by atoms with Gasteiger partial charge in [0.15, 0.2) is 0 Å². The molecule has 0 radical (unpaired) electrons. The van der Waals surface area contributed by atoms with E-state index >= 15 is 0 Å². The van der Waals surface area contributed by atoms with Gasteiger partial charge >= 0.3 is 5.97 Å². The van der Waals surface area contributed by atoms with Gasteiger partial charge in [0, 0.05) is 16.2 Å². The van der Waals surface area contributed by atoms with Crippen LogP contribution in [0.15, 0.2) is 65.1 Å². The SMILES string of the molecule is CCOC(=O)C(=Cc1ccccc1)CSc1ccc(OC)cc1. The van der Waals surface area contributed by atoms with Crippen molar-refractivity contribution in [1.82, 2.24) is 0 Å². The molecule has 0 N–H and O–H groups in total. The molecular formula is C19H20O3S. The summed E-state index contributed by atoms with van der Waals surface area (Å²) in [4.78, 5) is 13.2. The zero-order valence-corrected chi connectivity index (χ0v) is 14.1. The summed E-state index contributed by atoms with van der Waals surface area (Å²) in [7, 11) is 1.64. The minimum atomic E-state index is -0.266. The Morgan fingerprint density at radius 2 is 1.78 bits per heavy atom. The van der Waals surface area contributed by atoms with E-state index in [0.29, 0.717) is 17.9 Å². The lowest BCUT2D eigenvalue weighted by molar-refractivity contribution is -0.138. The van der Waals surface area contributed by atoms with E-state index in [1.165, 1.54) is 0 Å². The van der Waals surface area contributed by atoms with Crippen LogP contribution in [0.4, 0.5) is 0 Å². The maximum Gasteiger partial charge on any atom is 0.334 e. The van der Waals surface area contributed by atoms with Crippen LogP contribution in [0.2, 0.25) is 0 Å². The molecule has 0 aliphatic rings. The van der Waals surface area contributed by atoms with Crippen molar-refractivity contribution in [3.63, 3.8) is 0 Å². The minimum Gasteiger partial charge on any atom is -0.497 e. The predicted molar refractivity (Wildman–Crippen MR) is 94.8 cm³/mol. The van der Waals surface area contributed by atoms with Crippen LogP contribution in [0.5, 0.6) is 5.75 Å². The Morgan fingerprint density at radius 1 is 1.09 bits per heavy atom. The van der Waals surface area contributed by atoms with Gasteiger partial charge in [-0.05, 0) is 42.8 Å². The highest BCUT2D eigenvalue weighted by Crippen LogP contribution is 2.24. The first-order valence-electron chi connectivity index (χ1n) is 7.42. The quantitative estimate of drug-likeness (QED) is 0.428. The van der Waals surface area contributed by atoms with Gasteiger partial charge in [0.25, 0.3) is 0 Å². The summed E-state index contributed by atoms with van der Waals surface area (Å²) in [5.41, 5.74) is 1.64. The average Bonchev–Trinajstić information content (AvgIpc) is 2.60. The van der Waals surface area contributed by atoms with E-state index in [0.717, 1.165) is 16.2 Å². The van der Waals surface area contributed by atoms with E-state index in [1.54, 1.807) is 18.9 Å². The van der Waals surface area contributed by atoms with Crippen LogP contribution in [0.1, 0.15) is 12.5 Å². The molecule has 0 heterocycles. The van der Waals surface area contributed by atoms with Crippen LogP contribution in [-0.4, -0.2) is 25.4 Å². The Kier molecular flexibility index (Phi) is 6.76. The Balaban J connectivity index is 2.10. The fraction of sp³-hybridized carbons (Fsp3) is 0.211. The average molecular weight is 328 g/mol. The van der Waals surface area contributed by atoms with E-state index < -0.39 is 0 Å². The second-order valence-electron chi connectivity index (χ2n) is 4.76. The maximum atomic E-state index is 12.1. The zero-order chi connectivity index (χ0) is 16.5. The molecule has 0 unspecified atom stereocenters. The molecule has 0 atom stereocenters. The Hall–Kier alpha value is -2.20. The number of ether oxygens (including phenoxy) is 2. The van der Waals surface area contributed by atoms with Crippen molar-refractivity contribution < 1.29 is 14.3 Å². The first-order valence-corrected chi connectivity index (χ1v) is 8.41. The van der Waals surface area contributed by atoms with Gasteiger partial charge in [-0.2, -0.15) is 0 Å². The Morgan fingerprint density at radius 3 is 2.39 bits per heavy atom. The van der Waals surface area contributed by atoms with Gasteiger partial charge in [-0.15, -0.1) is 11.8 Å². The van der Waals surface area contributed by atoms with E-state index in [9.17, 15) is 4.79 Å². The molecule has 2 aromatic rings. The fourth-order valence-corrected chi connectivity index (χ4v) is 2.82. The van der Waals surface area contributed by atoms with Crippen molar-refractivity contribution in [2.75, 3.05) is 19.5 Å². The molecule has 4 heteroatoms. The summed E-state index contributed by atoms with van der Waals surface area (Å²) in [5.74, 6) is 1.11. The molecule has 0 amide bonds. The Labute approximate surface area is 141 Å². The molecule has 0 saturated carbocycles. The summed E-state index contributed by atoms with van der Waals surface area (Å²) >= 11 is 1.60. The van der Waals surface area contributed by atoms with Crippen molar-refractivity contribution in [2.24, 2.45) is 0 Å². The van der Waals surface area contributed by atoms with E-state index in [-0.39, 0.29) is 5.97 Å². The zero-order valence-electron chi connectivity index (χ0n) is 13.3. The van der Waals surface area contributed by atoms with E-state index in [2.05, 4.69) is 0 Å². The van der Waals surface area contributed by atoms with Gasteiger partial charge in [-0.25, -0.2) is 4.79 Å². The third-order valence-corrected chi connectivity index (χ3v) is 4.19. The molecule has 0 saturated heterocycles. The molecule has 3 nitrogen and oxygen atoms in total. The molecule has 120 valence electrons. The third kappa shape index (κ3) is 5.49. The number of methoxy groups -OCH3 is 1.